The molecule has 0 radical (unpaired) electrons. The first-order chi connectivity index (χ1) is 15.0. The predicted octanol–water partition coefficient (Wildman–Crippen LogP) is 5.32. The molecule has 1 aromatic heterocycles. The van der Waals surface area contributed by atoms with E-state index in [-0.39, 0.29) is 5.91 Å². The van der Waals surface area contributed by atoms with Crippen LogP contribution in [0.15, 0.2) is 66.7 Å². The van der Waals surface area contributed by atoms with E-state index in [9.17, 15) is 4.79 Å². The number of halogens is 1. The number of fused-ring (bicyclic) bond motifs is 1. The fraction of sp³-hybridized carbons (Fsp3) is 0.200. The number of aryl methyl sites for hydroxylation is 2. The Labute approximate surface area is 186 Å². The van der Waals surface area contributed by atoms with E-state index in [4.69, 9.17) is 21.3 Å². The molecule has 4 rings (SSSR count). The van der Waals surface area contributed by atoms with E-state index in [1.807, 2.05) is 68.4 Å². The zero-order valence-electron chi connectivity index (χ0n) is 17.6. The Morgan fingerprint density at radius 1 is 1.03 bits per heavy atom. The highest BCUT2D eigenvalue weighted by Crippen LogP contribution is 2.26. The number of nitrogens with zero attached hydrogens (tertiary/aromatic N) is 2. The summed E-state index contributed by atoms with van der Waals surface area (Å²) in [7, 11) is 0. The highest BCUT2D eigenvalue weighted by molar-refractivity contribution is 6.32. The Balaban J connectivity index is 1.49. The Morgan fingerprint density at radius 3 is 2.45 bits per heavy atom. The van der Waals surface area contributed by atoms with Gasteiger partial charge in [0.2, 0.25) is 0 Å². The molecule has 0 aliphatic rings. The van der Waals surface area contributed by atoms with E-state index in [0.29, 0.717) is 25.3 Å². The van der Waals surface area contributed by atoms with Gasteiger partial charge < -0.3 is 14.6 Å². The van der Waals surface area contributed by atoms with Crippen LogP contribution in [0.25, 0.3) is 11.0 Å². The zero-order valence-corrected chi connectivity index (χ0v) is 18.3. The Kier molecular flexibility index (Phi) is 6.23. The van der Waals surface area contributed by atoms with E-state index in [1.165, 1.54) is 0 Å². The topological polar surface area (TPSA) is 56.1 Å². The third kappa shape index (κ3) is 4.72. The molecule has 0 aliphatic carbocycles. The normalized spacial score (nSPS) is 10.9. The minimum absolute atomic E-state index is 0.123. The summed E-state index contributed by atoms with van der Waals surface area (Å²) in [5.41, 5.74) is 4.52. The summed E-state index contributed by atoms with van der Waals surface area (Å²) in [6, 6.07) is 21.0. The Hall–Kier alpha value is -3.31. The molecule has 6 heteroatoms. The maximum absolute atomic E-state index is 12.5. The van der Waals surface area contributed by atoms with Crippen molar-refractivity contribution in [1.29, 1.82) is 0 Å². The van der Waals surface area contributed by atoms with Crippen LogP contribution in [0.1, 0.15) is 27.3 Å². The molecule has 31 heavy (non-hydrogen) atoms. The van der Waals surface area contributed by atoms with E-state index >= 15 is 0 Å². The lowest BCUT2D eigenvalue weighted by molar-refractivity contribution is 0.0949. The van der Waals surface area contributed by atoms with Crippen molar-refractivity contribution in [2.75, 3.05) is 6.61 Å². The maximum atomic E-state index is 12.5. The van der Waals surface area contributed by atoms with E-state index in [0.717, 1.165) is 38.8 Å². The van der Waals surface area contributed by atoms with E-state index in [2.05, 4.69) is 9.88 Å². The van der Waals surface area contributed by atoms with Gasteiger partial charge in [0.25, 0.3) is 5.91 Å². The van der Waals surface area contributed by atoms with Gasteiger partial charge in [-0.05, 0) is 61.4 Å². The fourth-order valence-electron chi connectivity index (χ4n) is 3.61. The second-order valence-electron chi connectivity index (χ2n) is 7.44. The maximum Gasteiger partial charge on any atom is 0.251 e. The molecule has 4 aromatic rings. The number of amides is 1. The first kappa shape index (κ1) is 20.9. The lowest BCUT2D eigenvalue weighted by Crippen LogP contribution is -2.25. The summed E-state index contributed by atoms with van der Waals surface area (Å²) < 4.78 is 8.09. The minimum Gasteiger partial charge on any atom is -0.492 e. The van der Waals surface area contributed by atoms with Gasteiger partial charge in [-0.2, -0.15) is 0 Å². The molecule has 1 amide bonds. The lowest BCUT2D eigenvalue weighted by atomic mass is 10.1. The van der Waals surface area contributed by atoms with Crippen molar-refractivity contribution in [2.45, 2.75) is 26.9 Å². The van der Waals surface area contributed by atoms with Crippen molar-refractivity contribution in [3.8, 4) is 5.75 Å². The molecule has 5 nitrogen and oxygen atoms in total. The average Bonchev–Trinajstić information content (AvgIpc) is 3.14. The number of ether oxygens (including phenoxy) is 1. The third-order valence-electron chi connectivity index (χ3n) is 5.17. The van der Waals surface area contributed by atoms with Crippen LogP contribution in [-0.2, 0) is 13.1 Å². The number of hydrogen-bond donors (Lipinski definition) is 1. The van der Waals surface area contributed by atoms with Crippen LogP contribution in [0.5, 0.6) is 5.75 Å². The molecule has 0 saturated heterocycles. The standard InChI is InChI=1S/C25H24ClN3O2/c1-17-14-20(15-18(2)24(17)26)31-13-12-29-22-11-7-6-10-21(22)28-23(29)16-27-25(30)19-8-4-3-5-9-19/h3-11,14-15H,12-13,16H2,1-2H3,(H,27,30). The number of carbonyl (C=O) groups is 1. The predicted molar refractivity (Wildman–Crippen MR) is 124 cm³/mol. The average molecular weight is 434 g/mol. The van der Waals surface area contributed by atoms with Crippen molar-refractivity contribution in [1.82, 2.24) is 14.9 Å². The van der Waals surface area contributed by atoms with Gasteiger partial charge >= 0.3 is 0 Å². The molecule has 0 aliphatic heterocycles. The second kappa shape index (κ2) is 9.23. The number of aromatic nitrogens is 2. The molecule has 0 bridgehead atoms. The van der Waals surface area contributed by atoms with Gasteiger partial charge in [0.1, 0.15) is 18.2 Å². The molecule has 1 N–H and O–H groups in total. The zero-order chi connectivity index (χ0) is 21.8. The molecule has 0 unspecified atom stereocenters. The number of hydrogen-bond acceptors (Lipinski definition) is 3. The lowest BCUT2D eigenvalue weighted by Gasteiger charge is -2.13. The van der Waals surface area contributed by atoms with E-state index < -0.39 is 0 Å². The number of carbonyl (C=O) groups excluding carboxylic acids is 1. The van der Waals surface area contributed by atoms with Crippen LogP contribution in [-0.4, -0.2) is 22.1 Å². The van der Waals surface area contributed by atoms with Gasteiger partial charge in [0.05, 0.1) is 24.1 Å². The molecule has 158 valence electrons. The van der Waals surface area contributed by atoms with Crippen molar-refractivity contribution in [3.05, 3.63) is 94.3 Å². The second-order valence-corrected chi connectivity index (χ2v) is 7.81. The van der Waals surface area contributed by atoms with Gasteiger partial charge in [-0.15, -0.1) is 0 Å². The molecule has 0 spiro atoms. The van der Waals surface area contributed by atoms with Crippen molar-refractivity contribution in [2.24, 2.45) is 0 Å². The van der Waals surface area contributed by atoms with Gasteiger partial charge in [-0.25, -0.2) is 4.98 Å². The first-order valence-corrected chi connectivity index (χ1v) is 10.6. The number of benzene rings is 3. The summed E-state index contributed by atoms with van der Waals surface area (Å²) in [5, 5.41) is 3.74. The van der Waals surface area contributed by atoms with Crippen molar-refractivity contribution in [3.63, 3.8) is 0 Å². The molecule has 0 atom stereocenters. The molecule has 3 aromatic carbocycles. The van der Waals surface area contributed by atoms with Crippen LogP contribution in [0.4, 0.5) is 0 Å². The SMILES string of the molecule is Cc1cc(OCCn2c(CNC(=O)c3ccccc3)nc3ccccc32)cc(C)c1Cl. The highest BCUT2D eigenvalue weighted by atomic mass is 35.5. The van der Waals surface area contributed by atoms with Crippen molar-refractivity contribution < 1.29 is 9.53 Å². The van der Waals surface area contributed by atoms with Crippen LogP contribution >= 0.6 is 11.6 Å². The van der Waals surface area contributed by atoms with Gasteiger partial charge in [0.15, 0.2) is 0 Å². The first-order valence-electron chi connectivity index (χ1n) is 10.2. The van der Waals surface area contributed by atoms with Crippen LogP contribution in [0, 0.1) is 13.8 Å². The van der Waals surface area contributed by atoms with Crippen LogP contribution in [0.2, 0.25) is 5.02 Å². The van der Waals surface area contributed by atoms with Crippen LogP contribution < -0.4 is 10.1 Å². The number of nitrogens with one attached hydrogen (secondary N) is 1. The van der Waals surface area contributed by atoms with E-state index in [1.54, 1.807) is 12.1 Å². The monoisotopic (exact) mass is 433 g/mol. The summed E-state index contributed by atoms with van der Waals surface area (Å²) >= 11 is 6.25. The number of imidazole rings is 1. The van der Waals surface area contributed by atoms with Crippen molar-refractivity contribution >= 4 is 28.5 Å². The highest BCUT2D eigenvalue weighted by Gasteiger charge is 2.13. The van der Waals surface area contributed by atoms with Gasteiger partial charge in [0, 0.05) is 10.6 Å². The number of para-hydroxylation sites is 2. The quantitative estimate of drug-likeness (QED) is 0.429. The largest absolute Gasteiger partial charge is 0.492 e. The summed E-state index contributed by atoms with van der Waals surface area (Å²) in [4.78, 5) is 17.2. The smallest absolute Gasteiger partial charge is 0.251 e. The Bertz CT molecular complexity index is 1200. The molecular weight excluding hydrogens is 410 g/mol. The van der Waals surface area contributed by atoms with Gasteiger partial charge in [-0.3, -0.25) is 4.79 Å². The Morgan fingerprint density at radius 2 is 1.71 bits per heavy atom. The summed E-state index contributed by atoms with van der Waals surface area (Å²) in [5.74, 6) is 1.46. The molecule has 0 fully saturated rings. The fourth-order valence-corrected chi connectivity index (χ4v) is 3.71. The third-order valence-corrected chi connectivity index (χ3v) is 5.77. The minimum atomic E-state index is -0.123. The summed E-state index contributed by atoms with van der Waals surface area (Å²) in [6.45, 7) is 5.36. The molecule has 0 saturated carbocycles. The summed E-state index contributed by atoms with van der Waals surface area (Å²) in [6.07, 6.45) is 0. The molecular formula is C25H24ClN3O2. The van der Waals surface area contributed by atoms with Gasteiger partial charge in [-0.1, -0.05) is 41.9 Å². The number of rotatable bonds is 7. The van der Waals surface area contributed by atoms with Crippen LogP contribution in [0.3, 0.4) is 0 Å². The molecule has 1 heterocycles.